The second-order valence-electron chi connectivity index (χ2n) is 3.87. The maximum atomic E-state index is 11.8. The molecule has 0 saturated carbocycles. The number of halogens is 1. The molecule has 2 rings (SSSR count). The number of nitrogens with zero attached hydrogens (tertiary/aromatic N) is 1. The van der Waals surface area contributed by atoms with Gasteiger partial charge in [-0.25, -0.2) is 4.98 Å². The van der Waals surface area contributed by atoms with E-state index in [1.165, 1.54) is 6.20 Å². The average Bonchev–Trinajstić information content (AvgIpc) is 2.91. The van der Waals surface area contributed by atoms with E-state index in [0.717, 1.165) is 0 Å². The van der Waals surface area contributed by atoms with Crippen molar-refractivity contribution in [3.05, 3.63) is 47.6 Å². The number of pyridine rings is 1. The van der Waals surface area contributed by atoms with E-state index in [1.54, 1.807) is 37.5 Å². The van der Waals surface area contributed by atoms with Crippen LogP contribution >= 0.6 is 11.6 Å². The number of aromatic nitrogens is 1. The summed E-state index contributed by atoms with van der Waals surface area (Å²) in [6.07, 6.45) is 2.40. The van der Waals surface area contributed by atoms with Crippen LogP contribution < -0.4 is 10.1 Å². The van der Waals surface area contributed by atoms with Crippen LogP contribution in [0.15, 0.2) is 41.1 Å². The SMILES string of the molecule is CC(Oc1ccc(Cl)nc1)C(=O)NCc1ccco1. The van der Waals surface area contributed by atoms with Gasteiger partial charge in [-0.05, 0) is 31.2 Å². The molecule has 0 aromatic carbocycles. The predicted octanol–water partition coefficient (Wildman–Crippen LogP) is 2.41. The molecule has 2 heterocycles. The zero-order chi connectivity index (χ0) is 13.7. The standard InChI is InChI=1S/C13H13ClN2O3/c1-9(19-11-4-5-12(14)15-8-11)13(17)16-7-10-3-2-6-18-10/h2-6,8-9H,7H2,1H3,(H,16,17). The van der Waals surface area contributed by atoms with Crippen molar-refractivity contribution < 1.29 is 13.9 Å². The zero-order valence-corrected chi connectivity index (χ0v) is 11.1. The number of hydrogen-bond acceptors (Lipinski definition) is 4. The van der Waals surface area contributed by atoms with Gasteiger partial charge in [-0.2, -0.15) is 0 Å². The molecule has 1 N–H and O–H groups in total. The number of amides is 1. The van der Waals surface area contributed by atoms with Gasteiger partial charge in [0.2, 0.25) is 0 Å². The Hall–Kier alpha value is -2.01. The van der Waals surface area contributed by atoms with Crippen LogP contribution in [0.25, 0.3) is 0 Å². The van der Waals surface area contributed by atoms with E-state index >= 15 is 0 Å². The molecule has 1 unspecified atom stereocenters. The lowest BCUT2D eigenvalue weighted by Crippen LogP contribution is -2.35. The first-order valence-corrected chi connectivity index (χ1v) is 6.11. The maximum absolute atomic E-state index is 11.8. The molecular formula is C13H13ClN2O3. The summed E-state index contributed by atoms with van der Waals surface area (Å²) in [5.74, 6) is 0.949. The van der Waals surface area contributed by atoms with E-state index < -0.39 is 6.10 Å². The Morgan fingerprint density at radius 3 is 3.00 bits per heavy atom. The molecule has 0 aliphatic rings. The molecule has 0 saturated heterocycles. The molecular weight excluding hydrogens is 268 g/mol. The zero-order valence-electron chi connectivity index (χ0n) is 10.3. The van der Waals surface area contributed by atoms with Gasteiger partial charge in [0.15, 0.2) is 6.10 Å². The van der Waals surface area contributed by atoms with Crippen molar-refractivity contribution in [1.29, 1.82) is 0 Å². The first kappa shape index (κ1) is 13.4. The third-order valence-electron chi connectivity index (χ3n) is 2.40. The van der Waals surface area contributed by atoms with Gasteiger partial charge in [0.25, 0.3) is 5.91 Å². The highest BCUT2D eigenvalue weighted by molar-refractivity contribution is 6.29. The van der Waals surface area contributed by atoms with E-state index in [1.807, 2.05) is 0 Å². The summed E-state index contributed by atoms with van der Waals surface area (Å²) in [7, 11) is 0. The van der Waals surface area contributed by atoms with E-state index in [0.29, 0.717) is 23.2 Å². The van der Waals surface area contributed by atoms with Gasteiger partial charge in [-0.1, -0.05) is 11.6 Å². The smallest absolute Gasteiger partial charge is 0.261 e. The van der Waals surface area contributed by atoms with E-state index in [4.69, 9.17) is 20.8 Å². The molecule has 0 radical (unpaired) electrons. The first-order chi connectivity index (χ1) is 9.15. The monoisotopic (exact) mass is 280 g/mol. The van der Waals surface area contributed by atoms with Crippen molar-refractivity contribution in [2.75, 3.05) is 0 Å². The summed E-state index contributed by atoms with van der Waals surface area (Å²) < 4.78 is 10.6. The molecule has 1 amide bonds. The fourth-order valence-corrected chi connectivity index (χ4v) is 1.53. The lowest BCUT2D eigenvalue weighted by atomic mass is 10.3. The van der Waals surface area contributed by atoms with Crippen LogP contribution in [0.3, 0.4) is 0 Å². The Labute approximate surface area is 115 Å². The predicted molar refractivity (Wildman–Crippen MR) is 69.9 cm³/mol. The minimum Gasteiger partial charge on any atom is -0.479 e. The number of carbonyl (C=O) groups excluding carboxylic acids is 1. The van der Waals surface area contributed by atoms with Gasteiger partial charge >= 0.3 is 0 Å². The van der Waals surface area contributed by atoms with Crippen molar-refractivity contribution in [3.8, 4) is 5.75 Å². The number of rotatable bonds is 5. The Bertz CT molecular complexity index is 525. The molecule has 5 nitrogen and oxygen atoms in total. The molecule has 0 aliphatic carbocycles. The molecule has 0 aliphatic heterocycles. The van der Waals surface area contributed by atoms with Crippen molar-refractivity contribution in [2.45, 2.75) is 19.6 Å². The van der Waals surface area contributed by atoms with Gasteiger partial charge in [0.1, 0.15) is 16.7 Å². The minimum atomic E-state index is -0.627. The number of carbonyl (C=O) groups is 1. The second-order valence-corrected chi connectivity index (χ2v) is 4.26. The van der Waals surface area contributed by atoms with E-state index in [2.05, 4.69) is 10.3 Å². The van der Waals surface area contributed by atoms with E-state index in [9.17, 15) is 4.79 Å². The van der Waals surface area contributed by atoms with Gasteiger partial charge in [-0.15, -0.1) is 0 Å². The number of furan rings is 1. The van der Waals surface area contributed by atoms with Crippen LogP contribution in [0.5, 0.6) is 5.75 Å². The lowest BCUT2D eigenvalue weighted by molar-refractivity contribution is -0.127. The summed E-state index contributed by atoms with van der Waals surface area (Å²) in [5.41, 5.74) is 0. The topological polar surface area (TPSA) is 64.4 Å². The average molecular weight is 281 g/mol. The Morgan fingerprint density at radius 1 is 1.53 bits per heavy atom. The van der Waals surface area contributed by atoms with Crippen LogP contribution in [0.1, 0.15) is 12.7 Å². The molecule has 6 heteroatoms. The van der Waals surface area contributed by atoms with Crippen LogP contribution in [-0.4, -0.2) is 17.0 Å². The molecule has 0 fully saturated rings. The van der Waals surface area contributed by atoms with E-state index in [-0.39, 0.29) is 5.91 Å². The Kier molecular flexibility index (Phi) is 4.41. The summed E-state index contributed by atoms with van der Waals surface area (Å²) in [4.78, 5) is 15.7. The number of ether oxygens (including phenoxy) is 1. The molecule has 1 atom stereocenters. The molecule has 19 heavy (non-hydrogen) atoms. The van der Waals surface area contributed by atoms with Crippen molar-refractivity contribution in [3.63, 3.8) is 0 Å². The molecule has 0 spiro atoms. The van der Waals surface area contributed by atoms with Crippen molar-refractivity contribution in [1.82, 2.24) is 10.3 Å². The van der Waals surface area contributed by atoms with Gasteiger partial charge in [-0.3, -0.25) is 4.79 Å². The quantitative estimate of drug-likeness (QED) is 0.854. The van der Waals surface area contributed by atoms with Gasteiger partial charge in [0.05, 0.1) is 19.0 Å². The summed E-state index contributed by atoms with van der Waals surface area (Å²) >= 11 is 5.66. The van der Waals surface area contributed by atoms with Crippen LogP contribution in [0, 0.1) is 0 Å². The largest absolute Gasteiger partial charge is 0.479 e. The summed E-state index contributed by atoms with van der Waals surface area (Å²) in [6.45, 7) is 1.99. The third-order valence-corrected chi connectivity index (χ3v) is 2.62. The maximum Gasteiger partial charge on any atom is 0.261 e. The lowest BCUT2D eigenvalue weighted by Gasteiger charge is -2.13. The van der Waals surface area contributed by atoms with Crippen LogP contribution in [0.2, 0.25) is 5.15 Å². The highest BCUT2D eigenvalue weighted by Crippen LogP contribution is 2.13. The second kappa shape index (κ2) is 6.24. The normalized spacial score (nSPS) is 11.9. The molecule has 0 bridgehead atoms. The van der Waals surface area contributed by atoms with Gasteiger partial charge < -0.3 is 14.5 Å². The highest BCUT2D eigenvalue weighted by Gasteiger charge is 2.14. The fraction of sp³-hybridized carbons (Fsp3) is 0.231. The first-order valence-electron chi connectivity index (χ1n) is 5.73. The van der Waals surface area contributed by atoms with Crippen molar-refractivity contribution >= 4 is 17.5 Å². The summed E-state index contributed by atoms with van der Waals surface area (Å²) in [6, 6.07) is 6.81. The third kappa shape index (κ3) is 3.99. The van der Waals surface area contributed by atoms with Crippen LogP contribution in [0.4, 0.5) is 0 Å². The van der Waals surface area contributed by atoms with Crippen LogP contribution in [-0.2, 0) is 11.3 Å². The van der Waals surface area contributed by atoms with Crippen molar-refractivity contribution in [2.24, 2.45) is 0 Å². The Morgan fingerprint density at radius 2 is 2.37 bits per heavy atom. The molecule has 2 aromatic heterocycles. The Balaban J connectivity index is 1.83. The minimum absolute atomic E-state index is 0.230. The fourth-order valence-electron chi connectivity index (χ4n) is 1.42. The number of hydrogen-bond donors (Lipinski definition) is 1. The highest BCUT2D eigenvalue weighted by atomic mass is 35.5. The molecule has 100 valence electrons. The van der Waals surface area contributed by atoms with Gasteiger partial charge in [0, 0.05) is 0 Å². The molecule has 2 aromatic rings. The summed E-state index contributed by atoms with van der Waals surface area (Å²) in [5, 5.41) is 3.09. The number of nitrogens with one attached hydrogen (secondary N) is 1.